The van der Waals surface area contributed by atoms with Crippen molar-refractivity contribution in [1.82, 2.24) is 4.31 Å². The molecule has 0 amide bonds. The van der Waals surface area contributed by atoms with Crippen LogP contribution in [0.4, 0.5) is 0 Å². The van der Waals surface area contributed by atoms with E-state index < -0.39 is 28.1 Å². The van der Waals surface area contributed by atoms with Crippen LogP contribution in [0.25, 0.3) is 0 Å². The minimum Gasteiger partial charge on any atom is -0.480 e. The van der Waals surface area contributed by atoms with Gasteiger partial charge in [-0.1, -0.05) is 13.3 Å². The lowest BCUT2D eigenvalue weighted by molar-refractivity contribution is -0.140. The Morgan fingerprint density at radius 1 is 1.50 bits per heavy atom. The molecule has 1 heterocycles. The molecule has 1 fully saturated rings. The van der Waals surface area contributed by atoms with E-state index in [1.54, 1.807) is 0 Å². The number of unbranched alkanes of at least 4 members (excludes halogenated alkanes) is 1. The summed E-state index contributed by atoms with van der Waals surface area (Å²) in [6.07, 6.45) is 0.326. The number of rotatable bonds is 5. The maximum atomic E-state index is 11.8. The number of carboxylic acid groups (broad SMARTS) is 1. The summed E-state index contributed by atoms with van der Waals surface area (Å²) in [5.41, 5.74) is 0. The summed E-state index contributed by atoms with van der Waals surface area (Å²) in [6, 6.07) is -1.11. The Labute approximate surface area is 94.9 Å². The van der Waals surface area contributed by atoms with Gasteiger partial charge in [0.05, 0.1) is 11.9 Å². The van der Waals surface area contributed by atoms with Crippen LogP contribution < -0.4 is 0 Å². The number of hydrogen-bond acceptors (Lipinski definition) is 4. The van der Waals surface area contributed by atoms with Gasteiger partial charge in [-0.25, -0.2) is 8.42 Å². The Morgan fingerprint density at radius 2 is 2.12 bits per heavy atom. The van der Waals surface area contributed by atoms with Gasteiger partial charge in [0.15, 0.2) is 0 Å². The van der Waals surface area contributed by atoms with Crippen LogP contribution in [0.5, 0.6) is 0 Å². The Bertz CT molecular complexity index is 353. The molecule has 2 atom stereocenters. The summed E-state index contributed by atoms with van der Waals surface area (Å²) in [5, 5.41) is 18.2. The number of β-amino-alcohol motifs (C(OH)–C–C–N with tert-alkyl or cyclic N) is 1. The third-order valence-corrected chi connectivity index (χ3v) is 4.55. The van der Waals surface area contributed by atoms with Gasteiger partial charge in [0.2, 0.25) is 10.0 Å². The van der Waals surface area contributed by atoms with Crippen molar-refractivity contribution in [2.45, 2.75) is 38.3 Å². The highest BCUT2D eigenvalue weighted by molar-refractivity contribution is 7.89. The van der Waals surface area contributed by atoms with Gasteiger partial charge in [-0.3, -0.25) is 4.79 Å². The maximum Gasteiger partial charge on any atom is 0.322 e. The van der Waals surface area contributed by atoms with E-state index in [1.165, 1.54) is 0 Å². The topological polar surface area (TPSA) is 94.9 Å². The molecule has 0 unspecified atom stereocenters. The van der Waals surface area contributed by atoms with Crippen molar-refractivity contribution in [2.24, 2.45) is 0 Å². The van der Waals surface area contributed by atoms with Gasteiger partial charge in [-0.05, 0) is 6.42 Å². The number of hydrogen-bond donors (Lipinski definition) is 2. The highest BCUT2D eigenvalue weighted by Crippen LogP contribution is 2.22. The van der Waals surface area contributed by atoms with Crippen molar-refractivity contribution in [1.29, 1.82) is 0 Å². The average molecular weight is 251 g/mol. The number of aliphatic hydroxyl groups is 1. The molecule has 0 saturated carbocycles. The fourth-order valence-corrected chi connectivity index (χ4v) is 3.61. The van der Waals surface area contributed by atoms with Crippen molar-refractivity contribution in [3.8, 4) is 0 Å². The molecular formula is C9H17NO5S. The fraction of sp³-hybridized carbons (Fsp3) is 0.889. The minimum absolute atomic E-state index is 0.0271. The molecule has 0 radical (unpaired) electrons. The Morgan fingerprint density at radius 3 is 2.62 bits per heavy atom. The molecule has 94 valence electrons. The van der Waals surface area contributed by atoms with Gasteiger partial charge in [-0.15, -0.1) is 0 Å². The van der Waals surface area contributed by atoms with Crippen molar-refractivity contribution in [3.63, 3.8) is 0 Å². The summed E-state index contributed by atoms with van der Waals surface area (Å²) in [7, 11) is -3.56. The van der Waals surface area contributed by atoms with Crippen LogP contribution in [-0.2, 0) is 14.8 Å². The van der Waals surface area contributed by atoms with E-state index in [0.29, 0.717) is 6.42 Å². The highest BCUT2D eigenvalue weighted by Gasteiger charge is 2.42. The summed E-state index contributed by atoms with van der Waals surface area (Å²) >= 11 is 0. The smallest absolute Gasteiger partial charge is 0.322 e. The normalized spacial score (nSPS) is 27.1. The molecule has 16 heavy (non-hydrogen) atoms. The molecule has 0 aromatic heterocycles. The third-order valence-electron chi connectivity index (χ3n) is 2.63. The van der Waals surface area contributed by atoms with Crippen molar-refractivity contribution >= 4 is 16.0 Å². The zero-order valence-electron chi connectivity index (χ0n) is 9.16. The highest BCUT2D eigenvalue weighted by atomic mass is 32.2. The monoisotopic (exact) mass is 251 g/mol. The quantitative estimate of drug-likeness (QED) is 0.695. The zero-order chi connectivity index (χ0) is 12.3. The largest absolute Gasteiger partial charge is 0.480 e. The zero-order valence-corrected chi connectivity index (χ0v) is 9.98. The lowest BCUT2D eigenvalue weighted by atomic mass is 10.2. The molecule has 1 aliphatic rings. The van der Waals surface area contributed by atoms with Gasteiger partial charge >= 0.3 is 5.97 Å². The lowest BCUT2D eigenvalue weighted by Gasteiger charge is -2.20. The number of nitrogens with zero attached hydrogens (tertiary/aromatic N) is 1. The average Bonchev–Trinajstić information content (AvgIpc) is 2.58. The first-order valence-electron chi connectivity index (χ1n) is 5.29. The van der Waals surface area contributed by atoms with E-state index >= 15 is 0 Å². The Hall–Kier alpha value is -0.660. The second kappa shape index (κ2) is 5.11. The molecule has 0 aromatic rings. The molecule has 1 aliphatic heterocycles. The number of carboxylic acids is 1. The van der Waals surface area contributed by atoms with E-state index in [0.717, 1.165) is 10.7 Å². The Kier molecular flexibility index (Phi) is 4.28. The maximum absolute atomic E-state index is 11.8. The van der Waals surface area contributed by atoms with E-state index in [-0.39, 0.29) is 18.7 Å². The van der Waals surface area contributed by atoms with Crippen LogP contribution in [0.3, 0.4) is 0 Å². The fourth-order valence-electron chi connectivity index (χ4n) is 1.76. The predicted molar refractivity (Wildman–Crippen MR) is 57.4 cm³/mol. The molecule has 7 heteroatoms. The van der Waals surface area contributed by atoms with Crippen molar-refractivity contribution in [3.05, 3.63) is 0 Å². The van der Waals surface area contributed by atoms with Gasteiger partial charge in [0, 0.05) is 13.0 Å². The first kappa shape index (κ1) is 13.4. The number of aliphatic hydroxyl groups excluding tert-OH is 1. The van der Waals surface area contributed by atoms with E-state index in [4.69, 9.17) is 5.11 Å². The Balaban J connectivity index is 2.81. The van der Waals surface area contributed by atoms with Crippen LogP contribution in [-0.4, -0.2) is 53.3 Å². The van der Waals surface area contributed by atoms with Crippen LogP contribution in [0, 0.1) is 0 Å². The predicted octanol–water partition coefficient (Wildman–Crippen LogP) is -0.364. The van der Waals surface area contributed by atoms with Crippen molar-refractivity contribution < 1.29 is 23.4 Å². The van der Waals surface area contributed by atoms with Crippen LogP contribution in [0.15, 0.2) is 0 Å². The van der Waals surface area contributed by atoms with Crippen LogP contribution >= 0.6 is 0 Å². The van der Waals surface area contributed by atoms with Crippen LogP contribution in [0.2, 0.25) is 0 Å². The number of carbonyl (C=O) groups is 1. The molecule has 1 rings (SSSR count). The number of aliphatic carboxylic acids is 1. The van der Waals surface area contributed by atoms with Crippen LogP contribution in [0.1, 0.15) is 26.2 Å². The standard InChI is InChI=1S/C9H17NO5S/c1-2-3-4-16(14,15)10-6-7(11)5-8(10)9(12)13/h7-8,11H,2-6H2,1H3,(H,12,13)/t7-,8+/m1/s1. The molecule has 2 N–H and O–H groups in total. The van der Waals surface area contributed by atoms with Gasteiger partial charge in [0.1, 0.15) is 6.04 Å². The molecule has 6 nitrogen and oxygen atoms in total. The first-order valence-corrected chi connectivity index (χ1v) is 6.89. The molecule has 0 aromatic carbocycles. The van der Waals surface area contributed by atoms with Crippen molar-refractivity contribution in [2.75, 3.05) is 12.3 Å². The van der Waals surface area contributed by atoms with Gasteiger partial charge in [-0.2, -0.15) is 4.31 Å². The molecule has 0 bridgehead atoms. The molecule has 0 spiro atoms. The summed E-state index contributed by atoms with van der Waals surface area (Å²) in [6.45, 7) is 1.76. The number of sulfonamides is 1. The molecular weight excluding hydrogens is 234 g/mol. The van der Waals surface area contributed by atoms with E-state index in [1.807, 2.05) is 6.92 Å². The third kappa shape index (κ3) is 2.93. The lowest BCUT2D eigenvalue weighted by Crippen LogP contribution is -2.41. The summed E-state index contributed by atoms with van der Waals surface area (Å²) < 4.78 is 24.5. The SMILES string of the molecule is CCCCS(=O)(=O)N1C[C@H](O)C[C@H]1C(=O)O. The second-order valence-electron chi connectivity index (χ2n) is 3.98. The summed E-state index contributed by atoms with van der Waals surface area (Å²) in [5.74, 6) is -1.25. The molecule has 0 aliphatic carbocycles. The van der Waals surface area contributed by atoms with Gasteiger partial charge in [0.25, 0.3) is 0 Å². The van der Waals surface area contributed by atoms with E-state index in [9.17, 15) is 18.3 Å². The second-order valence-corrected chi connectivity index (χ2v) is 6.02. The van der Waals surface area contributed by atoms with Gasteiger partial charge < -0.3 is 10.2 Å². The van der Waals surface area contributed by atoms with E-state index in [2.05, 4.69) is 0 Å². The minimum atomic E-state index is -3.56. The first-order chi connectivity index (χ1) is 7.38. The summed E-state index contributed by atoms with van der Waals surface area (Å²) in [4.78, 5) is 10.9. The molecule has 1 saturated heterocycles.